The van der Waals surface area contributed by atoms with E-state index in [1.54, 1.807) is 0 Å². The van der Waals surface area contributed by atoms with Crippen LogP contribution in [0.2, 0.25) is 0 Å². The van der Waals surface area contributed by atoms with E-state index in [-0.39, 0.29) is 5.41 Å². The van der Waals surface area contributed by atoms with Crippen molar-refractivity contribution in [1.82, 2.24) is 9.13 Å². The third kappa shape index (κ3) is 4.27. The lowest BCUT2D eigenvalue weighted by molar-refractivity contribution is 0.660. The van der Waals surface area contributed by atoms with E-state index in [2.05, 4.69) is 205 Å². The lowest BCUT2D eigenvalue weighted by atomic mass is 9.80. The molecule has 1 aliphatic rings. The Morgan fingerprint density at radius 3 is 1.68 bits per heavy atom. The fraction of sp³-hybridized carbons (Fsp3) is 0.0588. The van der Waals surface area contributed by atoms with Gasteiger partial charge >= 0.3 is 0 Å². The second-order valence-corrected chi connectivity index (χ2v) is 14.9. The van der Waals surface area contributed by atoms with E-state index in [9.17, 15) is 0 Å². The van der Waals surface area contributed by atoms with E-state index in [0.717, 1.165) is 0 Å². The molecule has 53 heavy (non-hydrogen) atoms. The van der Waals surface area contributed by atoms with Crippen molar-refractivity contribution in [2.24, 2.45) is 0 Å². The van der Waals surface area contributed by atoms with Gasteiger partial charge in [0.25, 0.3) is 0 Å². The van der Waals surface area contributed by atoms with Crippen LogP contribution in [0.5, 0.6) is 0 Å². The molecular formula is C51H36N2. The monoisotopic (exact) mass is 676 g/mol. The number of aromatic nitrogens is 2. The molecule has 0 aliphatic heterocycles. The largest absolute Gasteiger partial charge is 0.309 e. The van der Waals surface area contributed by atoms with E-state index in [4.69, 9.17) is 0 Å². The van der Waals surface area contributed by atoms with E-state index in [1.165, 1.54) is 99.5 Å². The van der Waals surface area contributed by atoms with Gasteiger partial charge < -0.3 is 9.13 Å². The van der Waals surface area contributed by atoms with Crippen LogP contribution in [0.4, 0.5) is 0 Å². The minimum atomic E-state index is -0.161. The number of hydrogen-bond donors (Lipinski definition) is 0. The highest BCUT2D eigenvalue weighted by molar-refractivity contribution is 6.17. The molecule has 0 bridgehead atoms. The van der Waals surface area contributed by atoms with Crippen LogP contribution >= 0.6 is 0 Å². The Labute approximate surface area is 308 Å². The summed E-state index contributed by atoms with van der Waals surface area (Å²) in [6, 6.07) is 67.1. The molecule has 250 valence electrons. The van der Waals surface area contributed by atoms with E-state index in [1.807, 2.05) is 0 Å². The van der Waals surface area contributed by atoms with Crippen LogP contribution in [0.1, 0.15) is 25.0 Å². The van der Waals surface area contributed by atoms with E-state index in [0.29, 0.717) is 0 Å². The first-order valence-corrected chi connectivity index (χ1v) is 18.5. The zero-order valence-corrected chi connectivity index (χ0v) is 29.7. The highest BCUT2D eigenvalue weighted by Gasteiger charge is 2.37. The summed E-state index contributed by atoms with van der Waals surface area (Å²) in [7, 11) is 0. The second kappa shape index (κ2) is 11.2. The van der Waals surface area contributed by atoms with E-state index < -0.39 is 0 Å². The SMILES string of the molecule is CC1(C)c2ccccc2-c2c(-c3cccc4c3c3ccccc3n4-c3ccccc3)cc(-c3ccc4c5ccccc5n(-c5ccccc5)c4c3)cc21. The fourth-order valence-corrected chi connectivity index (χ4v) is 9.30. The molecule has 0 amide bonds. The quantitative estimate of drug-likeness (QED) is 0.176. The molecule has 8 aromatic carbocycles. The Hall–Kier alpha value is -6.64. The maximum Gasteiger partial charge on any atom is 0.0547 e. The molecule has 0 N–H and O–H groups in total. The molecule has 2 heterocycles. The predicted molar refractivity (Wildman–Crippen MR) is 224 cm³/mol. The molecule has 0 radical (unpaired) electrons. The highest BCUT2D eigenvalue weighted by Crippen LogP contribution is 2.55. The Morgan fingerprint density at radius 2 is 0.925 bits per heavy atom. The van der Waals surface area contributed by atoms with Gasteiger partial charge in [0.1, 0.15) is 0 Å². The summed E-state index contributed by atoms with van der Waals surface area (Å²) in [5.41, 5.74) is 17.5. The summed E-state index contributed by atoms with van der Waals surface area (Å²) in [4.78, 5) is 0. The van der Waals surface area contributed by atoms with Gasteiger partial charge in [0.2, 0.25) is 0 Å². The van der Waals surface area contributed by atoms with Gasteiger partial charge in [0.15, 0.2) is 0 Å². The van der Waals surface area contributed by atoms with E-state index >= 15 is 0 Å². The first-order chi connectivity index (χ1) is 26.1. The Morgan fingerprint density at radius 1 is 0.358 bits per heavy atom. The summed E-state index contributed by atoms with van der Waals surface area (Å²) < 4.78 is 4.84. The van der Waals surface area contributed by atoms with Gasteiger partial charge in [-0.25, -0.2) is 0 Å². The molecule has 2 aromatic heterocycles. The van der Waals surface area contributed by atoms with Crippen LogP contribution < -0.4 is 0 Å². The lowest BCUT2D eigenvalue weighted by Crippen LogP contribution is -2.15. The molecule has 0 saturated carbocycles. The number of nitrogens with zero attached hydrogens (tertiary/aromatic N) is 2. The molecule has 10 aromatic rings. The molecule has 0 unspecified atom stereocenters. The van der Waals surface area contributed by atoms with Crippen molar-refractivity contribution in [1.29, 1.82) is 0 Å². The van der Waals surface area contributed by atoms with Crippen LogP contribution in [0.15, 0.2) is 182 Å². The Bertz CT molecular complexity index is 3070. The number of benzene rings is 8. The first kappa shape index (κ1) is 30.0. The van der Waals surface area contributed by atoms with Crippen LogP contribution in [0.3, 0.4) is 0 Å². The smallest absolute Gasteiger partial charge is 0.0547 e. The van der Waals surface area contributed by atoms with Gasteiger partial charge in [-0.05, 0) is 105 Å². The minimum Gasteiger partial charge on any atom is -0.309 e. The summed E-state index contributed by atoms with van der Waals surface area (Å²) in [5.74, 6) is 0. The van der Waals surface area contributed by atoms with Gasteiger partial charge in [-0.15, -0.1) is 0 Å². The second-order valence-electron chi connectivity index (χ2n) is 14.9. The van der Waals surface area contributed by atoms with Crippen molar-refractivity contribution in [3.63, 3.8) is 0 Å². The maximum atomic E-state index is 2.48. The first-order valence-electron chi connectivity index (χ1n) is 18.5. The molecule has 0 fully saturated rings. The molecule has 0 spiro atoms. The number of fused-ring (bicyclic) bond motifs is 9. The van der Waals surface area contributed by atoms with Crippen LogP contribution in [-0.2, 0) is 5.41 Å². The number of rotatable bonds is 4. The molecule has 0 saturated heterocycles. The highest BCUT2D eigenvalue weighted by atomic mass is 15.0. The average molecular weight is 677 g/mol. The van der Waals surface area contributed by atoms with Crippen molar-refractivity contribution < 1.29 is 0 Å². The minimum absolute atomic E-state index is 0.161. The summed E-state index contributed by atoms with van der Waals surface area (Å²) >= 11 is 0. The Balaban J connectivity index is 1.23. The summed E-state index contributed by atoms with van der Waals surface area (Å²) in [6.45, 7) is 4.78. The molecule has 11 rings (SSSR count). The third-order valence-electron chi connectivity index (χ3n) is 11.7. The van der Waals surface area contributed by atoms with Crippen LogP contribution in [-0.4, -0.2) is 9.13 Å². The average Bonchev–Trinajstić information content (AvgIpc) is 3.81. The maximum absolute atomic E-state index is 2.48. The molecule has 2 heteroatoms. The normalized spacial score (nSPS) is 13.2. The van der Waals surface area contributed by atoms with Gasteiger partial charge in [0, 0.05) is 38.3 Å². The van der Waals surface area contributed by atoms with Crippen molar-refractivity contribution in [2.45, 2.75) is 19.3 Å². The fourth-order valence-electron chi connectivity index (χ4n) is 9.30. The van der Waals surface area contributed by atoms with Gasteiger partial charge in [-0.3, -0.25) is 0 Å². The van der Waals surface area contributed by atoms with Crippen molar-refractivity contribution in [3.05, 3.63) is 193 Å². The van der Waals surface area contributed by atoms with Crippen molar-refractivity contribution in [2.75, 3.05) is 0 Å². The van der Waals surface area contributed by atoms with Crippen LogP contribution in [0, 0.1) is 0 Å². The lowest BCUT2D eigenvalue weighted by Gasteiger charge is -2.23. The van der Waals surface area contributed by atoms with Gasteiger partial charge in [-0.1, -0.05) is 135 Å². The topological polar surface area (TPSA) is 9.86 Å². The zero-order valence-electron chi connectivity index (χ0n) is 29.7. The van der Waals surface area contributed by atoms with Gasteiger partial charge in [0.05, 0.1) is 22.1 Å². The van der Waals surface area contributed by atoms with Gasteiger partial charge in [-0.2, -0.15) is 0 Å². The summed E-state index contributed by atoms with van der Waals surface area (Å²) in [6.07, 6.45) is 0. The Kier molecular flexibility index (Phi) is 6.33. The number of para-hydroxylation sites is 4. The standard InChI is InChI=1S/C51H36N2/c1-51(2)43-24-12-9-21-40(43)49-42(39-23-15-27-47-50(39)41-22-11-14-26-46(41)52(47)35-16-5-3-6-17-35)30-34(31-44(49)51)33-28-29-38-37-20-10-13-25-45(37)53(48(38)32-33)36-18-7-4-8-19-36/h3-32H,1-2H3. The summed E-state index contributed by atoms with van der Waals surface area (Å²) in [5, 5.41) is 5.08. The molecular weight excluding hydrogens is 641 g/mol. The number of hydrogen-bond acceptors (Lipinski definition) is 0. The molecule has 2 nitrogen and oxygen atoms in total. The van der Waals surface area contributed by atoms with Crippen molar-refractivity contribution in [3.8, 4) is 44.8 Å². The van der Waals surface area contributed by atoms with Crippen LogP contribution in [0.25, 0.3) is 88.4 Å². The predicted octanol–water partition coefficient (Wildman–Crippen LogP) is 13.5. The van der Waals surface area contributed by atoms with Crippen molar-refractivity contribution >= 4 is 43.6 Å². The third-order valence-corrected chi connectivity index (χ3v) is 11.7. The molecule has 0 atom stereocenters. The zero-order chi connectivity index (χ0) is 35.3. The molecule has 1 aliphatic carbocycles.